The molecule has 2 rings (SSSR count). The Hall–Kier alpha value is -0.750. The van der Waals surface area contributed by atoms with Crippen LogP contribution in [0.15, 0.2) is 29.2 Å². The van der Waals surface area contributed by atoms with Crippen molar-refractivity contribution < 1.29 is 14.6 Å². The Balaban J connectivity index is 1.81. The van der Waals surface area contributed by atoms with Crippen LogP contribution in [0.3, 0.4) is 0 Å². The lowest BCUT2D eigenvalue weighted by molar-refractivity contribution is -0.121. The number of carbonyl (C=O) groups is 1. The number of benzene rings is 1. The van der Waals surface area contributed by atoms with Gasteiger partial charge < -0.3 is 15.2 Å². The minimum Gasteiger partial charge on any atom is -0.386 e. The first kappa shape index (κ1) is 15.6. The van der Waals surface area contributed by atoms with E-state index >= 15 is 0 Å². The fraction of sp³-hybridized carbons (Fsp3) is 0.500. The van der Waals surface area contributed by atoms with E-state index in [1.165, 1.54) is 11.8 Å². The Kier molecular flexibility index (Phi) is 5.32. The molecule has 0 spiro atoms. The van der Waals surface area contributed by atoms with Gasteiger partial charge in [-0.25, -0.2) is 0 Å². The van der Waals surface area contributed by atoms with Crippen LogP contribution >= 0.6 is 23.4 Å². The van der Waals surface area contributed by atoms with E-state index in [2.05, 4.69) is 5.32 Å². The Morgan fingerprint density at radius 2 is 2.25 bits per heavy atom. The van der Waals surface area contributed by atoms with Crippen LogP contribution in [0.25, 0.3) is 0 Å². The molecule has 1 aromatic rings. The van der Waals surface area contributed by atoms with Gasteiger partial charge in [-0.05, 0) is 31.2 Å². The lowest BCUT2D eigenvalue weighted by Crippen LogP contribution is -2.45. The molecule has 2 atom stereocenters. The Bertz CT molecular complexity index is 460. The van der Waals surface area contributed by atoms with Gasteiger partial charge in [-0.1, -0.05) is 11.6 Å². The van der Waals surface area contributed by atoms with Crippen molar-refractivity contribution in [2.75, 3.05) is 19.8 Å². The van der Waals surface area contributed by atoms with Crippen molar-refractivity contribution in [3.05, 3.63) is 29.3 Å². The summed E-state index contributed by atoms with van der Waals surface area (Å²) in [5, 5.41) is 13.3. The first-order valence-electron chi connectivity index (χ1n) is 6.49. The van der Waals surface area contributed by atoms with Crippen LogP contribution < -0.4 is 5.32 Å². The molecule has 1 heterocycles. The quantitative estimate of drug-likeness (QED) is 0.817. The van der Waals surface area contributed by atoms with Crippen LogP contribution in [0, 0.1) is 0 Å². The van der Waals surface area contributed by atoms with E-state index in [-0.39, 0.29) is 24.3 Å². The molecule has 0 radical (unpaired) electrons. The summed E-state index contributed by atoms with van der Waals surface area (Å²) in [7, 11) is 0. The van der Waals surface area contributed by atoms with Crippen molar-refractivity contribution in [2.24, 2.45) is 0 Å². The number of hydrogen-bond acceptors (Lipinski definition) is 4. The summed E-state index contributed by atoms with van der Waals surface area (Å²) in [6.07, 6.45) is 0.561. The molecule has 1 fully saturated rings. The van der Waals surface area contributed by atoms with E-state index in [9.17, 15) is 9.90 Å². The highest BCUT2D eigenvalue weighted by atomic mass is 35.5. The smallest absolute Gasteiger partial charge is 0.233 e. The zero-order valence-electron chi connectivity index (χ0n) is 11.3. The minimum atomic E-state index is -0.916. The summed E-state index contributed by atoms with van der Waals surface area (Å²) in [4.78, 5) is 13.0. The first-order valence-corrected chi connectivity index (χ1v) is 7.74. The van der Waals surface area contributed by atoms with Crippen molar-refractivity contribution in [3.8, 4) is 0 Å². The van der Waals surface area contributed by atoms with Gasteiger partial charge in [0.2, 0.25) is 5.91 Å². The van der Waals surface area contributed by atoms with Gasteiger partial charge in [0.05, 0.1) is 11.9 Å². The van der Waals surface area contributed by atoms with Crippen LogP contribution in [0.4, 0.5) is 0 Å². The van der Waals surface area contributed by atoms with E-state index < -0.39 is 5.60 Å². The van der Waals surface area contributed by atoms with Gasteiger partial charge in [-0.3, -0.25) is 4.79 Å². The molecule has 0 saturated carbocycles. The summed E-state index contributed by atoms with van der Waals surface area (Å²) in [6, 6.07) is 7.37. The van der Waals surface area contributed by atoms with Crippen molar-refractivity contribution in [3.63, 3.8) is 0 Å². The number of halogens is 1. The Morgan fingerprint density at radius 1 is 1.55 bits per heavy atom. The second-order valence-corrected chi connectivity index (χ2v) is 6.81. The number of hydrogen-bond donors (Lipinski definition) is 2. The van der Waals surface area contributed by atoms with Gasteiger partial charge in [-0.15, -0.1) is 11.8 Å². The molecular weight excluding hydrogens is 298 g/mol. The SMILES string of the molecule is CC(Sc1ccc(Cl)cc1)C(=O)NCC1(O)CCOC1. The highest BCUT2D eigenvalue weighted by molar-refractivity contribution is 8.00. The second-order valence-electron chi connectivity index (χ2n) is 4.96. The number of rotatable bonds is 5. The molecule has 2 unspecified atom stereocenters. The topological polar surface area (TPSA) is 58.6 Å². The van der Waals surface area contributed by atoms with E-state index in [1.54, 1.807) is 12.1 Å². The van der Waals surface area contributed by atoms with Crippen LogP contribution in [-0.4, -0.2) is 41.6 Å². The van der Waals surface area contributed by atoms with Crippen molar-refractivity contribution in [1.29, 1.82) is 0 Å². The Morgan fingerprint density at radius 3 is 2.85 bits per heavy atom. The lowest BCUT2D eigenvalue weighted by atomic mass is 10.0. The normalized spacial score (nSPS) is 23.6. The molecule has 0 aromatic heterocycles. The molecule has 2 N–H and O–H groups in total. The highest BCUT2D eigenvalue weighted by Gasteiger charge is 2.32. The predicted octanol–water partition coefficient (Wildman–Crippen LogP) is 2.09. The van der Waals surface area contributed by atoms with Crippen LogP contribution in [0.5, 0.6) is 0 Å². The summed E-state index contributed by atoms with van der Waals surface area (Å²) < 4.78 is 5.14. The number of thioether (sulfide) groups is 1. The molecule has 20 heavy (non-hydrogen) atoms. The lowest BCUT2D eigenvalue weighted by Gasteiger charge is -2.21. The van der Waals surface area contributed by atoms with Crippen molar-refractivity contribution in [2.45, 2.75) is 29.1 Å². The summed E-state index contributed by atoms with van der Waals surface area (Å²) in [5.41, 5.74) is -0.916. The monoisotopic (exact) mass is 315 g/mol. The van der Waals surface area contributed by atoms with Gasteiger partial charge in [0.25, 0.3) is 0 Å². The Labute approximate surface area is 127 Å². The van der Waals surface area contributed by atoms with E-state index in [0.29, 0.717) is 18.1 Å². The van der Waals surface area contributed by atoms with Crippen LogP contribution in [0.1, 0.15) is 13.3 Å². The largest absolute Gasteiger partial charge is 0.386 e. The third kappa shape index (κ3) is 4.38. The maximum atomic E-state index is 12.0. The number of nitrogens with one attached hydrogen (secondary N) is 1. The maximum absolute atomic E-state index is 12.0. The molecule has 110 valence electrons. The summed E-state index contributed by atoms with van der Waals surface area (Å²) >= 11 is 7.28. The van der Waals surface area contributed by atoms with Gasteiger partial charge in [0, 0.05) is 29.5 Å². The summed E-state index contributed by atoms with van der Waals surface area (Å²) in [5.74, 6) is -0.0923. The van der Waals surface area contributed by atoms with Crippen LogP contribution in [0.2, 0.25) is 5.02 Å². The third-order valence-electron chi connectivity index (χ3n) is 3.17. The molecule has 1 amide bonds. The first-order chi connectivity index (χ1) is 9.48. The predicted molar refractivity (Wildman–Crippen MR) is 80.2 cm³/mol. The average Bonchev–Trinajstić information content (AvgIpc) is 2.86. The molecule has 1 aliphatic heterocycles. The minimum absolute atomic E-state index is 0.0923. The molecule has 1 aliphatic rings. The standard InChI is InChI=1S/C14H18ClNO3S/c1-10(20-12-4-2-11(15)3-5-12)13(17)16-8-14(18)6-7-19-9-14/h2-5,10,18H,6-9H2,1H3,(H,16,17). The van der Waals surface area contributed by atoms with E-state index in [1.807, 2.05) is 19.1 Å². The third-order valence-corrected chi connectivity index (χ3v) is 4.53. The molecule has 4 nitrogen and oxygen atoms in total. The van der Waals surface area contributed by atoms with Gasteiger partial charge >= 0.3 is 0 Å². The van der Waals surface area contributed by atoms with Gasteiger partial charge in [-0.2, -0.15) is 0 Å². The fourth-order valence-corrected chi connectivity index (χ4v) is 2.92. The van der Waals surface area contributed by atoms with E-state index in [0.717, 1.165) is 4.90 Å². The zero-order valence-corrected chi connectivity index (χ0v) is 12.8. The van der Waals surface area contributed by atoms with Crippen molar-refractivity contribution in [1.82, 2.24) is 5.32 Å². The van der Waals surface area contributed by atoms with Crippen LogP contribution in [-0.2, 0) is 9.53 Å². The zero-order chi connectivity index (χ0) is 14.6. The molecule has 1 aromatic carbocycles. The molecular formula is C14H18ClNO3S. The number of amides is 1. The van der Waals surface area contributed by atoms with Gasteiger partial charge in [0.15, 0.2) is 0 Å². The summed E-state index contributed by atoms with van der Waals surface area (Å²) in [6.45, 7) is 2.90. The molecule has 6 heteroatoms. The van der Waals surface area contributed by atoms with Crippen molar-refractivity contribution >= 4 is 29.3 Å². The highest BCUT2D eigenvalue weighted by Crippen LogP contribution is 2.25. The van der Waals surface area contributed by atoms with Gasteiger partial charge in [0.1, 0.15) is 5.60 Å². The van der Waals surface area contributed by atoms with E-state index in [4.69, 9.17) is 16.3 Å². The average molecular weight is 316 g/mol. The number of ether oxygens (including phenoxy) is 1. The number of carbonyl (C=O) groups excluding carboxylic acids is 1. The molecule has 0 aliphatic carbocycles. The molecule has 1 saturated heterocycles. The maximum Gasteiger partial charge on any atom is 0.233 e. The fourth-order valence-electron chi connectivity index (χ4n) is 1.90. The second kappa shape index (κ2) is 6.80. The molecule has 0 bridgehead atoms. The number of aliphatic hydroxyl groups is 1.